The van der Waals surface area contributed by atoms with E-state index >= 15 is 0 Å². The molecule has 128 valence electrons. The molecule has 0 unspecified atom stereocenters. The molecule has 0 saturated heterocycles. The van der Waals surface area contributed by atoms with Crippen molar-refractivity contribution in [3.8, 4) is 11.3 Å². The van der Waals surface area contributed by atoms with Crippen LogP contribution in [0.2, 0.25) is 0 Å². The van der Waals surface area contributed by atoms with Crippen molar-refractivity contribution in [1.29, 1.82) is 0 Å². The minimum absolute atomic E-state index is 0.730. The van der Waals surface area contributed by atoms with Gasteiger partial charge >= 0.3 is 0 Å². The Balaban J connectivity index is 2.04. The van der Waals surface area contributed by atoms with Crippen molar-refractivity contribution in [3.63, 3.8) is 0 Å². The predicted molar refractivity (Wildman–Crippen MR) is 104 cm³/mol. The van der Waals surface area contributed by atoms with Crippen LogP contribution in [0.15, 0.2) is 36.5 Å². The molecular formula is C23H25NO. The van der Waals surface area contributed by atoms with E-state index in [1.807, 2.05) is 6.20 Å². The van der Waals surface area contributed by atoms with E-state index in [4.69, 9.17) is 9.72 Å². The van der Waals surface area contributed by atoms with Gasteiger partial charge in [-0.1, -0.05) is 37.6 Å². The Morgan fingerprint density at radius 1 is 1.00 bits per heavy atom. The molecule has 25 heavy (non-hydrogen) atoms. The van der Waals surface area contributed by atoms with E-state index in [1.165, 1.54) is 57.0 Å². The zero-order valence-electron chi connectivity index (χ0n) is 15.4. The normalized spacial score (nSPS) is 13.4. The molecule has 4 rings (SSSR count). The molecule has 1 aromatic heterocycles. The molecular weight excluding hydrogens is 306 g/mol. The Morgan fingerprint density at radius 2 is 1.76 bits per heavy atom. The predicted octanol–water partition coefficient (Wildman–Crippen LogP) is 5.89. The minimum Gasteiger partial charge on any atom is -0.372 e. The van der Waals surface area contributed by atoms with E-state index in [-0.39, 0.29) is 0 Å². The van der Waals surface area contributed by atoms with Crippen molar-refractivity contribution in [1.82, 2.24) is 4.98 Å². The highest BCUT2D eigenvalue weighted by Gasteiger charge is 2.24. The number of benzene rings is 2. The second-order valence-corrected chi connectivity index (χ2v) is 7.04. The first-order valence-corrected chi connectivity index (χ1v) is 9.28. The lowest BCUT2D eigenvalue weighted by atomic mass is 9.84. The van der Waals surface area contributed by atoms with Crippen molar-refractivity contribution < 1.29 is 4.74 Å². The minimum atomic E-state index is 0.730. The Morgan fingerprint density at radius 3 is 2.56 bits per heavy atom. The summed E-state index contributed by atoms with van der Waals surface area (Å²) in [5.41, 5.74) is 9.48. The zero-order chi connectivity index (χ0) is 17.4. The number of rotatable bonds is 4. The zero-order valence-corrected chi connectivity index (χ0v) is 15.4. The summed E-state index contributed by atoms with van der Waals surface area (Å²) in [5.74, 6) is 0. The number of aromatic nitrogens is 1. The van der Waals surface area contributed by atoms with Crippen molar-refractivity contribution in [2.75, 3.05) is 0 Å². The average molecular weight is 331 g/mol. The maximum atomic E-state index is 5.79. The quantitative estimate of drug-likeness (QED) is 0.594. The molecule has 1 aliphatic heterocycles. The maximum Gasteiger partial charge on any atom is 0.0785 e. The summed E-state index contributed by atoms with van der Waals surface area (Å²) >= 11 is 0. The molecule has 0 N–H and O–H groups in total. The van der Waals surface area contributed by atoms with Crippen LogP contribution in [0, 0.1) is 13.8 Å². The molecule has 0 radical (unpaired) electrons. The third-order valence-corrected chi connectivity index (χ3v) is 5.58. The van der Waals surface area contributed by atoms with Gasteiger partial charge in [0.2, 0.25) is 0 Å². The Kier molecular flexibility index (Phi) is 4.30. The van der Waals surface area contributed by atoms with Crippen LogP contribution >= 0.6 is 0 Å². The molecule has 0 spiro atoms. The number of nitrogens with zero attached hydrogens (tertiary/aromatic N) is 1. The first-order chi connectivity index (χ1) is 12.2. The fraction of sp³-hybridized carbons (Fsp3) is 0.348. The monoisotopic (exact) mass is 331 g/mol. The third kappa shape index (κ3) is 2.65. The highest BCUT2D eigenvalue weighted by atomic mass is 16.5. The van der Waals surface area contributed by atoms with Gasteiger partial charge in [0, 0.05) is 17.1 Å². The number of ether oxygens (including phenoxy) is 1. The van der Waals surface area contributed by atoms with Crippen molar-refractivity contribution in [2.24, 2.45) is 0 Å². The van der Waals surface area contributed by atoms with Gasteiger partial charge in [0.1, 0.15) is 0 Å². The number of hydrogen-bond acceptors (Lipinski definition) is 2. The SMILES string of the molecule is CCCCc1c(C)c2c(c(C)c1-c1nccc3ccccc13)COC2. The Labute approximate surface area is 149 Å². The van der Waals surface area contributed by atoms with Gasteiger partial charge in [-0.2, -0.15) is 0 Å². The van der Waals surface area contributed by atoms with Crippen LogP contribution in [0.4, 0.5) is 0 Å². The fourth-order valence-corrected chi connectivity index (χ4v) is 4.15. The molecule has 2 heteroatoms. The van der Waals surface area contributed by atoms with Gasteiger partial charge in [0.25, 0.3) is 0 Å². The van der Waals surface area contributed by atoms with Gasteiger partial charge < -0.3 is 4.74 Å². The van der Waals surface area contributed by atoms with Crippen LogP contribution in [0.3, 0.4) is 0 Å². The largest absolute Gasteiger partial charge is 0.372 e. The van der Waals surface area contributed by atoms with E-state index in [0.29, 0.717) is 0 Å². The van der Waals surface area contributed by atoms with Crippen molar-refractivity contribution in [3.05, 3.63) is 64.3 Å². The topological polar surface area (TPSA) is 22.1 Å². The van der Waals surface area contributed by atoms with E-state index < -0.39 is 0 Å². The molecule has 1 aliphatic rings. The number of fused-ring (bicyclic) bond motifs is 2. The van der Waals surface area contributed by atoms with Crippen LogP contribution in [0.25, 0.3) is 22.0 Å². The molecule has 0 bridgehead atoms. The first-order valence-electron chi connectivity index (χ1n) is 9.28. The van der Waals surface area contributed by atoms with Crippen LogP contribution in [-0.2, 0) is 24.4 Å². The lowest BCUT2D eigenvalue weighted by molar-refractivity contribution is 0.134. The summed E-state index contributed by atoms with van der Waals surface area (Å²) in [6.45, 7) is 8.26. The lowest BCUT2D eigenvalue weighted by Gasteiger charge is -2.20. The molecule has 0 amide bonds. The van der Waals surface area contributed by atoms with Gasteiger partial charge in [0.15, 0.2) is 0 Å². The number of pyridine rings is 1. The standard InChI is InChI=1S/C23H25NO/c1-4-5-9-18-15(2)20-13-25-14-21(20)16(3)22(18)23-19-10-7-6-8-17(19)11-12-24-23/h6-8,10-12H,4-5,9,13-14H2,1-3H3. The molecule has 0 aliphatic carbocycles. The summed E-state index contributed by atoms with van der Waals surface area (Å²) in [7, 11) is 0. The smallest absolute Gasteiger partial charge is 0.0785 e. The number of hydrogen-bond donors (Lipinski definition) is 0. The van der Waals surface area contributed by atoms with E-state index in [2.05, 4.69) is 51.1 Å². The summed E-state index contributed by atoms with van der Waals surface area (Å²) in [6.07, 6.45) is 5.46. The van der Waals surface area contributed by atoms with Gasteiger partial charge in [-0.25, -0.2) is 0 Å². The maximum absolute atomic E-state index is 5.79. The van der Waals surface area contributed by atoms with Crippen LogP contribution < -0.4 is 0 Å². The summed E-state index contributed by atoms with van der Waals surface area (Å²) in [6, 6.07) is 10.7. The van der Waals surface area contributed by atoms with Crippen molar-refractivity contribution in [2.45, 2.75) is 53.2 Å². The molecule has 3 aromatic rings. The number of unbranched alkanes of at least 4 members (excludes halogenated alkanes) is 1. The summed E-state index contributed by atoms with van der Waals surface area (Å²) in [4.78, 5) is 4.83. The summed E-state index contributed by atoms with van der Waals surface area (Å²) < 4.78 is 5.79. The lowest BCUT2D eigenvalue weighted by Crippen LogP contribution is -2.05. The second kappa shape index (κ2) is 6.61. The molecule has 2 aromatic carbocycles. The van der Waals surface area contributed by atoms with Crippen LogP contribution in [0.1, 0.15) is 47.6 Å². The first kappa shape index (κ1) is 16.3. The van der Waals surface area contributed by atoms with Gasteiger partial charge in [-0.15, -0.1) is 0 Å². The highest BCUT2D eigenvalue weighted by Crippen LogP contribution is 2.40. The fourth-order valence-electron chi connectivity index (χ4n) is 4.15. The molecule has 0 fully saturated rings. The van der Waals surface area contributed by atoms with Gasteiger partial charge in [0.05, 0.1) is 18.9 Å². The van der Waals surface area contributed by atoms with Gasteiger partial charge in [-0.05, 0) is 66.0 Å². The molecule has 2 nitrogen and oxygen atoms in total. The van der Waals surface area contributed by atoms with Crippen molar-refractivity contribution >= 4 is 10.8 Å². The van der Waals surface area contributed by atoms with E-state index in [1.54, 1.807) is 0 Å². The van der Waals surface area contributed by atoms with E-state index in [9.17, 15) is 0 Å². The van der Waals surface area contributed by atoms with Crippen LogP contribution in [-0.4, -0.2) is 4.98 Å². The average Bonchev–Trinajstić information content (AvgIpc) is 3.14. The van der Waals surface area contributed by atoms with E-state index in [0.717, 1.165) is 25.3 Å². The molecule has 0 atom stereocenters. The van der Waals surface area contributed by atoms with Crippen LogP contribution in [0.5, 0.6) is 0 Å². The highest BCUT2D eigenvalue weighted by molar-refractivity contribution is 5.96. The Bertz CT molecular complexity index is 937. The molecule has 0 saturated carbocycles. The third-order valence-electron chi connectivity index (χ3n) is 5.58. The Hall–Kier alpha value is -2.19. The van der Waals surface area contributed by atoms with Gasteiger partial charge in [-0.3, -0.25) is 4.98 Å². The summed E-state index contributed by atoms with van der Waals surface area (Å²) in [5, 5.41) is 2.49. The molecule has 2 heterocycles. The second-order valence-electron chi connectivity index (χ2n) is 7.04.